The Bertz CT molecular complexity index is 774. The number of hydrogen-bond donors (Lipinski definition) is 0. The molecule has 0 spiro atoms. The summed E-state index contributed by atoms with van der Waals surface area (Å²) >= 11 is 0. The van der Waals surface area contributed by atoms with E-state index in [0.29, 0.717) is 13.2 Å². The highest BCUT2D eigenvalue weighted by Gasteiger charge is 2.32. The molecule has 0 N–H and O–H groups in total. The van der Waals surface area contributed by atoms with Crippen LogP contribution in [-0.4, -0.2) is 19.5 Å². The van der Waals surface area contributed by atoms with Crippen molar-refractivity contribution < 1.29 is 14.3 Å². The van der Waals surface area contributed by atoms with Crippen LogP contribution in [0.5, 0.6) is 5.75 Å². The molecule has 3 heteroatoms. The van der Waals surface area contributed by atoms with Gasteiger partial charge in [-0.1, -0.05) is 42.0 Å². The number of allylic oxidation sites excluding steroid dienone is 1. The van der Waals surface area contributed by atoms with E-state index in [0.717, 1.165) is 16.9 Å². The number of benzene rings is 2. The van der Waals surface area contributed by atoms with Crippen molar-refractivity contribution in [2.75, 3.05) is 13.7 Å². The first-order valence-electron chi connectivity index (χ1n) is 8.58. The molecule has 130 valence electrons. The van der Waals surface area contributed by atoms with Crippen LogP contribution in [-0.2, 0) is 16.1 Å². The van der Waals surface area contributed by atoms with Gasteiger partial charge in [0.25, 0.3) is 0 Å². The van der Waals surface area contributed by atoms with Crippen LogP contribution in [0.2, 0.25) is 0 Å². The van der Waals surface area contributed by atoms with E-state index in [-0.39, 0.29) is 17.6 Å². The number of rotatable bonds is 6. The second-order valence-electron chi connectivity index (χ2n) is 6.63. The average Bonchev–Trinajstić information content (AvgIpc) is 2.96. The molecule has 0 saturated heterocycles. The summed E-state index contributed by atoms with van der Waals surface area (Å²) in [5, 5.41) is 0. The third kappa shape index (κ3) is 3.99. The van der Waals surface area contributed by atoms with Crippen LogP contribution in [0.4, 0.5) is 0 Å². The van der Waals surface area contributed by atoms with Gasteiger partial charge in [0.2, 0.25) is 0 Å². The minimum Gasteiger partial charge on any atom is -0.497 e. The maximum absolute atomic E-state index is 12.4. The second-order valence-corrected chi connectivity index (χ2v) is 6.63. The van der Waals surface area contributed by atoms with Crippen LogP contribution in [0.3, 0.4) is 0 Å². The predicted molar refractivity (Wildman–Crippen MR) is 98.9 cm³/mol. The number of carbonyl (C=O) groups excluding carboxylic acids is 1. The summed E-state index contributed by atoms with van der Waals surface area (Å²) in [6.45, 7) is 5.21. The molecule has 25 heavy (non-hydrogen) atoms. The zero-order chi connectivity index (χ0) is 17.8. The van der Waals surface area contributed by atoms with Gasteiger partial charge in [0.15, 0.2) is 5.78 Å². The molecule has 3 rings (SSSR count). The van der Waals surface area contributed by atoms with E-state index < -0.39 is 0 Å². The average molecular weight is 336 g/mol. The van der Waals surface area contributed by atoms with E-state index in [4.69, 9.17) is 9.47 Å². The summed E-state index contributed by atoms with van der Waals surface area (Å²) in [5.41, 5.74) is 4.59. The third-order valence-electron chi connectivity index (χ3n) is 4.74. The van der Waals surface area contributed by atoms with Crippen LogP contribution in [0, 0.1) is 19.8 Å². The monoisotopic (exact) mass is 336 g/mol. The minimum atomic E-state index is -0.128. The Labute approximate surface area is 149 Å². The maximum atomic E-state index is 12.4. The molecule has 2 atom stereocenters. The van der Waals surface area contributed by atoms with E-state index >= 15 is 0 Å². The standard InChI is InChI=1S/C22H24O3/c1-15-4-10-20(16(2)12-15)22-18(7-11-21(22)23)14-25-13-17-5-8-19(24-3)9-6-17/h4-12,18,22H,13-14H2,1-3H3. The lowest BCUT2D eigenvalue weighted by atomic mass is 9.85. The first kappa shape index (κ1) is 17.4. The molecule has 0 aliphatic heterocycles. The minimum absolute atomic E-state index is 0.0900. The van der Waals surface area contributed by atoms with Crippen molar-refractivity contribution in [2.45, 2.75) is 26.4 Å². The molecule has 2 unspecified atom stereocenters. The van der Waals surface area contributed by atoms with Gasteiger partial charge < -0.3 is 9.47 Å². The maximum Gasteiger partial charge on any atom is 0.163 e. The predicted octanol–water partition coefficient (Wildman–Crippen LogP) is 4.37. The Morgan fingerprint density at radius 2 is 1.80 bits per heavy atom. The number of hydrogen-bond acceptors (Lipinski definition) is 3. The summed E-state index contributed by atoms with van der Waals surface area (Å²) in [7, 11) is 1.65. The van der Waals surface area contributed by atoms with E-state index in [2.05, 4.69) is 32.0 Å². The van der Waals surface area contributed by atoms with Gasteiger partial charge in [-0.25, -0.2) is 0 Å². The van der Waals surface area contributed by atoms with Crippen molar-refractivity contribution in [2.24, 2.45) is 5.92 Å². The molecule has 1 aliphatic carbocycles. The smallest absolute Gasteiger partial charge is 0.163 e. The van der Waals surface area contributed by atoms with Gasteiger partial charge in [-0.2, -0.15) is 0 Å². The number of aryl methyl sites for hydroxylation is 2. The highest BCUT2D eigenvalue weighted by molar-refractivity contribution is 5.98. The van der Waals surface area contributed by atoms with E-state index in [9.17, 15) is 4.79 Å². The summed E-state index contributed by atoms with van der Waals surface area (Å²) in [5.74, 6) is 0.969. The normalized spacial score (nSPS) is 19.4. The van der Waals surface area contributed by atoms with Crippen molar-refractivity contribution in [1.82, 2.24) is 0 Å². The van der Waals surface area contributed by atoms with Crippen LogP contribution >= 0.6 is 0 Å². The third-order valence-corrected chi connectivity index (χ3v) is 4.74. The largest absolute Gasteiger partial charge is 0.497 e. The lowest BCUT2D eigenvalue weighted by molar-refractivity contribution is -0.116. The van der Waals surface area contributed by atoms with Gasteiger partial charge in [-0.15, -0.1) is 0 Å². The van der Waals surface area contributed by atoms with Crippen LogP contribution in [0.25, 0.3) is 0 Å². The van der Waals surface area contributed by atoms with Crippen molar-refractivity contribution in [1.29, 1.82) is 0 Å². The number of carbonyl (C=O) groups is 1. The zero-order valence-electron chi connectivity index (χ0n) is 15.0. The van der Waals surface area contributed by atoms with Crippen molar-refractivity contribution >= 4 is 5.78 Å². The molecule has 0 radical (unpaired) electrons. The Kier molecular flexibility index (Phi) is 5.34. The topological polar surface area (TPSA) is 35.5 Å². The molecule has 0 heterocycles. The first-order chi connectivity index (χ1) is 12.1. The lowest BCUT2D eigenvalue weighted by Gasteiger charge is -2.21. The van der Waals surface area contributed by atoms with Crippen LogP contribution in [0.1, 0.15) is 28.2 Å². The van der Waals surface area contributed by atoms with Gasteiger partial charge in [0.05, 0.1) is 26.2 Å². The molecule has 0 fully saturated rings. The highest BCUT2D eigenvalue weighted by Crippen LogP contribution is 2.34. The SMILES string of the molecule is COc1ccc(COCC2C=CC(=O)C2c2ccc(C)cc2C)cc1. The second kappa shape index (κ2) is 7.66. The summed E-state index contributed by atoms with van der Waals surface area (Å²) in [4.78, 5) is 12.4. The molecule has 0 amide bonds. The Morgan fingerprint density at radius 3 is 2.48 bits per heavy atom. The fourth-order valence-electron chi connectivity index (χ4n) is 3.39. The van der Waals surface area contributed by atoms with E-state index in [1.54, 1.807) is 13.2 Å². The van der Waals surface area contributed by atoms with E-state index in [1.165, 1.54) is 11.1 Å². The quantitative estimate of drug-likeness (QED) is 0.786. The zero-order valence-corrected chi connectivity index (χ0v) is 15.0. The Balaban J connectivity index is 1.64. The molecule has 2 aromatic carbocycles. The molecular weight excluding hydrogens is 312 g/mol. The lowest BCUT2D eigenvalue weighted by Crippen LogP contribution is -2.19. The van der Waals surface area contributed by atoms with Crippen LogP contribution in [0.15, 0.2) is 54.6 Å². The van der Waals surface area contributed by atoms with Gasteiger partial charge in [0.1, 0.15) is 5.75 Å². The fourth-order valence-corrected chi connectivity index (χ4v) is 3.39. The van der Waals surface area contributed by atoms with E-state index in [1.807, 2.05) is 30.3 Å². The Hall–Kier alpha value is -2.39. The molecular formula is C22H24O3. The molecule has 1 aliphatic rings. The van der Waals surface area contributed by atoms with Crippen molar-refractivity contribution in [3.05, 3.63) is 76.9 Å². The van der Waals surface area contributed by atoms with Gasteiger partial charge >= 0.3 is 0 Å². The molecule has 3 nitrogen and oxygen atoms in total. The van der Waals surface area contributed by atoms with Gasteiger partial charge in [-0.3, -0.25) is 4.79 Å². The summed E-state index contributed by atoms with van der Waals surface area (Å²) < 4.78 is 11.1. The Morgan fingerprint density at radius 1 is 1.04 bits per heavy atom. The fraction of sp³-hybridized carbons (Fsp3) is 0.318. The van der Waals surface area contributed by atoms with Crippen molar-refractivity contribution in [3.8, 4) is 5.75 Å². The molecule has 0 aromatic heterocycles. The number of ether oxygens (including phenoxy) is 2. The highest BCUT2D eigenvalue weighted by atomic mass is 16.5. The van der Waals surface area contributed by atoms with Crippen LogP contribution < -0.4 is 4.74 Å². The molecule has 0 bridgehead atoms. The number of methoxy groups -OCH3 is 1. The van der Waals surface area contributed by atoms with Crippen molar-refractivity contribution in [3.63, 3.8) is 0 Å². The number of ketones is 1. The summed E-state index contributed by atoms with van der Waals surface area (Å²) in [6, 6.07) is 14.1. The first-order valence-corrected chi connectivity index (χ1v) is 8.58. The van der Waals surface area contributed by atoms with Gasteiger partial charge in [0, 0.05) is 5.92 Å². The molecule has 0 saturated carbocycles. The molecule has 2 aromatic rings. The summed E-state index contributed by atoms with van der Waals surface area (Å²) in [6.07, 6.45) is 3.69. The van der Waals surface area contributed by atoms with Gasteiger partial charge in [-0.05, 0) is 48.7 Å².